The highest BCUT2D eigenvalue weighted by molar-refractivity contribution is 5.90. The molecule has 0 radical (unpaired) electrons. The van der Waals surface area contributed by atoms with E-state index in [2.05, 4.69) is 14.2 Å². The first-order chi connectivity index (χ1) is 13.2. The van der Waals surface area contributed by atoms with Crippen LogP contribution < -0.4 is 9.47 Å². The van der Waals surface area contributed by atoms with Gasteiger partial charge in [-0.25, -0.2) is 4.79 Å². The molecule has 0 fully saturated rings. The van der Waals surface area contributed by atoms with E-state index >= 15 is 0 Å². The van der Waals surface area contributed by atoms with Crippen molar-refractivity contribution in [3.8, 4) is 29.1 Å². The SMILES string of the molecule is COC(=O)c1ccc(OC(F)F)c(O)c1.N#Cc1ccc(OC(F)F)c(O)c1. The third kappa shape index (κ3) is 6.91. The maximum atomic E-state index is 11.8. The number of halogens is 4. The van der Waals surface area contributed by atoms with Crippen LogP contribution in [0.5, 0.6) is 23.0 Å². The number of hydrogen-bond donors (Lipinski definition) is 2. The van der Waals surface area contributed by atoms with Crippen molar-refractivity contribution in [1.29, 1.82) is 5.26 Å². The topological polar surface area (TPSA) is 109 Å². The van der Waals surface area contributed by atoms with E-state index in [0.717, 1.165) is 24.3 Å². The van der Waals surface area contributed by atoms with Gasteiger partial charge in [0.1, 0.15) is 0 Å². The van der Waals surface area contributed by atoms with E-state index in [1.807, 2.05) is 0 Å². The first-order valence-electron chi connectivity index (χ1n) is 7.22. The Morgan fingerprint density at radius 2 is 1.46 bits per heavy atom. The molecule has 7 nitrogen and oxygen atoms in total. The molecule has 0 atom stereocenters. The maximum Gasteiger partial charge on any atom is 0.387 e. The molecule has 2 aromatic carbocycles. The van der Waals surface area contributed by atoms with Crippen LogP contribution in [-0.2, 0) is 4.74 Å². The summed E-state index contributed by atoms with van der Waals surface area (Å²) in [5, 5.41) is 26.7. The number of rotatable bonds is 5. The van der Waals surface area contributed by atoms with Crippen molar-refractivity contribution >= 4 is 5.97 Å². The van der Waals surface area contributed by atoms with Crippen LogP contribution in [0.15, 0.2) is 36.4 Å². The lowest BCUT2D eigenvalue weighted by Crippen LogP contribution is -2.04. The number of esters is 1. The smallest absolute Gasteiger partial charge is 0.387 e. The normalized spacial score (nSPS) is 9.93. The van der Waals surface area contributed by atoms with E-state index in [9.17, 15) is 27.5 Å². The fourth-order valence-corrected chi connectivity index (χ4v) is 1.74. The number of carbonyl (C=O) groups excluding carboxylic acids is 1. The Labute approximate surface area is 155 Å². The molecule has 0 aliphatic heterocycles. The number of methoxy groups -OCH3 is 1. The average Bonchev–Trinajstić information content (AvgIpc) is 2.64. The van der Waals surface area contributed by atoms with E-state index < -0.39 is 36.4 Å². The number of carbonyl (C=O) groups is 1. The van der Waals surface area contributed by atoms with Gasteiger partial charge in [-0.15, -0.1) is 0 Å². The standard InChI is InChI=1S/C9H8F2O4.C8H5F2NO2/c1-14-8(13)5-2-3-7(6(12)4-5)15-9(10)11;9-8(10)13-7-2-1-5(4-11)3-6(7)12/h2-4,9,12H,1H3;1-3,8,12H. The van der Waals surface area contributed by atoms with Gasteiger partial charge < -0.3 is 24.4 Å². The molecule has 0 unspecified atom stereocenters. The summed E-state index contributed by atoms with van der Waals surface area (Å²) >= 11 is 0. The number of hydrogen-bond acceptors (Lipinski definition) is 7. The van der Waals surface area contributed by atoms with Crippen molar-refractivity contribution in [2.45, 2.75) is 13.2 Å². The van der Waals surface area contributed by atoms with Crippen LogP contribution in [0.25, 0.3) is 0 Å². The first kappa shape index (κ1) is 22.4. The largest absolute Gasteiger partial charge is 0.504 e. The van der Waals surface area contributed by atoms with E-state index in [4.69, 9.17) is 10.4 Å². The van der Waals surface area contributed by atoms with Crippen LogP contribution in [0, 0.1) is 11.3 Å². The summed E-state index contributed by atoms with van der Waals surface area (Å²) in [6.07, 6.45) is 0. The second-order valence-corrected chi connectivity index (χ2v) is 4.73. The molecule has 28 heavy (non-hydrogen) atoms. The molecule has 0 saturated carbocycles. The van der Waals surface area contributed by atoms with Gasteiger partial charge in [0.25, 0.3) is 0 Å². The van der Waals surface area contributed by atoms with Crippen molar-refractivity contribution in [1.82, 2.24) is 0 Å². The number of benzene rings is 2. The highest BCUT2D eigenvalue weighted by Crippen LogP contribution is 2.29. The predicted molar refractivity (Wildman–Crippen MR) is 85.5 cm³/mol. The van der Waals surface area contributed by atoms with Gasteiger partial charge in [-0.1, -0.05) is 0 Å². The number of phenols is 2. The molecule has 2 rings (SSSR count). The van der Waals surface area contributed by atoms with Gasteiger partial charge in [0, 0.05) is 6.07 Å². The first-order valence-corrected chi connectivity index (χ1v) is 7.22. The predicted octanol–water partition coefficient (Wildman–Crippen LogP) is 3.65. The third-order valence-corrected chi connectivity index (χ3v) is 2.90. The monoisotopic (exact) mass is 403 g/mol. The summed E-state index contributed by atoms with van der Waals surface area (Å²) in [6, 6.07) is 8.45. The molecule has 0 bridgehead atoms. The van der Waals surface area contributed by atoms with E-state index in [1.54, 1.807) is 6.07 Å². The molecule has 150 valence electrons. The molecule has 11 heteroatoms. The van der Waals surface area contributed by atoms with Gasteiger partial charge in [0.2, 0.25) is 0 Å². The van der Waals surface area contributed by atoms with Gasteiger partial charge in [-0.05, 0) is 30.3 Å². The third-order valence-electron chi connectivity index (χ3n) is 2.90. The molecule has 0 spiro atoms. The Bertz CT molecular complexity index is 854. The van der Waals surface area contributed by atoms with Gasteiger partial charge in [0.05, 0.1) is 24.3 Å². The van der Waals surface area contributed by atoms with Gasteiger partial charge in [0.15, 0.2) is 23.0 Å². The Balaban J connectivity index is 0.000000283. The zero-order valence-corrected chi connectivity index (χ0v) is 14.1. The van der Waals surface area contributed by atoms with Gasteiger partial charge >= 0.3 is 19.2 Å². The second kappa shape index (κ2) is 10.5. The lowest BCUT2D eigenvalue weighted by molar-refractivity contribution is -0.0518. The minimum absolute atomic E-state index is 0.0524. The Morgan fingerprint density at radius 3 is 1.86 bits per heavy atom. The Morgan fingerprint density at radius 1 is 0.964 bits per heavy atom. The summed E-state index contributed by atoms with van der Waals surface area (Å²) in [6.45, 7) is -6.02. The fraction of sp³-hybridized carbons (Fsp3) is 0.176. The van der Waals surface area contributed by atoms with Crippen LogP contribution >= 0.6 is 0 Å². The summed E-state index contributed by atoms with van der Waals surface area (Å²) in [4.78, 5) is 11.0. The molecule has 2 aromatic rings. The molecule has 2 N–H and O–H groups in total. The average molecular weight is 403 g/mol. The minimum Gasteiger partial charge on any atom is -0.504 e. The highest BCUT2D eigenvalue weighted by atomic mass is 19.3. The van der Waals surface area contributed by atoms with Crippen LogP contribution in [-0.4, -0.2) is 36.5 Å². The maximum absolute atomic E-state index is 11.8. The number of aromatic hydroxyl groups is 2. The van der Waals surface area contributed by atoms with Crippen LogP contribution in [0.2, 0.25) is 0 Å². The quantitative estimate of drug-likeness (QED) is 0.579. The van der Waals surface area contributed by atoms with E-state index in [1.165, 1.54) is 19.2 Å². The molecule has 0 saturated heterocycles. The van der Waals surface area contributed by atoms with E-state index in [-0.39, 0.29) is 16.9 Å². The van der Waals surface area contributed by atoms with E-state index in [0.29, 0.717) is 0 Å². The molecule has 0 aliphatic rings. The number of alkyl halides is 4. The molecule has 0 aromatic heterocycles. The Hall–Kier alpha value is -3.68. The minimum atomic E-state index is -3.03. The van der Waals surface area contributed by atoms with Crippen molar-refractivity contribution in [2.24, 2.45) is 0 Å². The van der Waals surface area contributed by atoms with Crippen molar-refractivity contribution < 1.29 is 46.8 Å². The number of phenolic OH excluding ortho intramolecular Hbond substituents is 2. The lowest BCUT2D eigenvalue weighted by atomic mass is 10.2. The summed E-state index contributed by atoms with van der Waals surface area (Å²) < 4.78 is 59.3. The highest BCUT2D eigenvalue weighted by Gasteiger charge is 2.13. The molecular formula is C17H13F4NO6. The molecule has 0 amide bonds. The zero-order chi connectivity index (χ0) is 21.3. The molecular weight excluding hydrogens is 390 g/mol. The van der Waals surface area contributed by atoms with Crippen molar-refractivity contribution in [3.63, 3.8) is 0 Å². The molecule has 0 heterocycles. The fourth-order valence-electron chi connectivity index (χ4n) is 1.74. The van der Waals surface area contributed by atoms with Crippen LogP contribution in [0.1, 0.15) is 15.9 Å². The van der Waals surface area contributed by atoms with Crippen molar-refractivity contribution in [2.75, 3.05) is 7.11 Å². The second-order valence-electron chi connectivity index (χ2n) is 4.73. The van der Waals surface area contributed by atoms with Crippen LogP contribution in [0.3, 0.4) is 0 Å². The summed E-state index contributed by atoms with van der Waals surface area (Å²) in [5.74, 6) is -2.42. The number of ether oxygens (including phenoxy) is 3. The van der Waals surface area contributed by atoms with Gasteiger partial charge in [-0.3, -0.25) is 0 Å². The zero-order valence-electron chi connectivity index (χ0n) is 14.1. The summed E-state index contributed by atoms with van der Waals surface area (Å²) in [5.41, 5.74) is 0.232. The number of nitrogens with zero attached hydrogens (tertiary/aromatic N) is 1. The summed E-state index contributed by atoms with van der Waals surface area (Å²) in [7, 11) is 1.17. The Kier molecular flexibility index (Phi) is 8.36. The van der Waals surface area contributed by atoms with Crippen LogP contribution in [0.4, 0.5) is 17.6 Å². The number of nitriles is 1. The molecule has 0 aliphatic carbocycles. The van der Waals surface area contributed by atoms with Gasteiger partial charge in [-0.2, -0.15) is 22.8 Å². The van der Waals surface area contributed by atoms with Crippen molar-refractivity contribution in [3.05, 3.63) is 47.5 Å². The lowest BCUT2D eigenvalue weighted by Gasteiger charge is -2.07.